The third kappa shape index (κ3) is 3.63. The Hall–Kier alpha value is -3.48. The van der Waals surface area contributed by atoms with E-state index >= 15 is 0 Å². The number of rotatable bonds is 7. The first-order valence-electron chi connectivity index (χ1n) is 9.38. The van der Waals surface area contributed by atoms with Gasteiger partial charge in [0.1, 0.15) is 0 Å². The number of methoxy groups -OCH3 is 2. The molecule has 7 heteroatoms. The van der Waals surface area contributed by atoms with E-state index in [0.29, 0.717) is 34.1 Å². The zero-order valence-electron chi connectivity index (χ0n) is 16.2. The molecule has 1 aliphatic rings. The summed E-state index contributed by atoms with van der Waals surface area (Å²) >= 11 is 0. The Bertz CT molecular complexity index is 1130. The van der Waals surface area contributed by atoms with Crippen molar-refractivity contribution in [3.8, 4) is 11.5 Å². The Kier molecular flexibility index (Phi) is 4.88. The van der Waals surface area contributed by atoms with Crippen molar-refractivity contribution in [1.29, 1.82) is 0 Å². The van der Waals surface area contributed by atoms with Crippen molar-refractivity contribution in [2.45, 2.75) is 24.8 Å². The van der Waals surface area contributed by atoms with Gasteiger partial charge in [0.2, 0.25) is 0 Å². The zero-order valence-corrected chi connectivity index (χ0v) is 16.2. The quantitative estimate of drug-likeness (QED) is 0.565. The molecule has 0 aliphatic heterocycles. The van der Waals surface area contributed by atoms with Crippen molar-refractivity contribution in [3.05, 3.63) is 64.1 Å². The van der Waals surface area contributed by atoms with E-state index in [2.05, 4.69) is 10.3 Å². The van der Waals surface area contributed by atoms with E-state index in [0.717, 1.165) is 23.8 Å². The van der Waals surface area contributed by atoms with E-state index in [4.69, 9.17) is 9.47 Å². The third-order valence-electron chi connectivity index (χ3n) is 5.25. The molecule has 2 aromatic carbocycles. The molecule has 3 aromatic rings. The van der Waals surface area contributed by atoms with Crippen molar-refractivity contribution in [2.75, 3.05) is 19.5 Å². The van der Waals surface area contributed by atoms with Gasteiger partial charge in [-0.05, 0) is 59.5 Å². The molecule has 0 amide bonds. The number of pyridine rings is 1. The number of carboxylic acids is 1. The van der Waals surface area contributed by atoms with Gasteiger partial charge < -0.3 is 24.9 Å². The van der Waals surface area contributed by atoms with Gasteiger partial charge in [-0.3, -0.25) is 4.79 Å². The molecule has 29 heavy (non-hydrogen) atoms. The van der Waals surface area contributed by atoms with Crippen LogP contribution < -0.4 is 20.3 Å². The van der Waals surface area contributed by atoms with Gasteiger partial charge in [-0.2, -0.15) is 0 Å². The summed E-state index contributed by atoms with van der Waals surface area (Å²) in [5, 5.41) is 14.3. The van der Waals surface area contributed by atoms with Gasteiger partial charge in [0.15, 0.2) is 17.5 Å². The lowest BCUT2D eigenvalue weighted by molar-refractivity contribution is -0.138. The summed E-state index contributed by atoms with van der Waals surface area (Å²) in [5.41, 5.74) is 2.01. The molecule has 0 saturated heterocycles. The van der Waals surface area contributed by atoms with E-state index < -0.39 is 12.0 Å². The summed E-state index contributed by atoms with van der Waals surface area (Å²) in [6.07, 6.45) is 4.04. The second kappa shape index (κ2) is 7.50. The molecule has 0 bridgehead atoms. The minimum absolute atomic E-state index is 0.189. The average Bonchev–Trinajstić information content (AvgIpc) is 3.57. The molecular weight excluding hydrogens is 372 g/mol. The number of carbonyl (C=O) groups is 1. The normalized spacial score (nSPS) is 14.4. The van der Waals surface area contributed by atoms with Crippen LogP contribution in [0, 0.1) is 0 Å². The SMILES string of the molecule is COc1ccc(C(Nc2ccc3c(C4CC4)c[nH]c(=O)c3c2)C(=O)O)cc1OC. The molecular formula is C22H22N2O5. The lowest BCUT2D eigenvalue weighted by Gasteiger charge is -2.18. The maximum Gasteiger partial charge on any atom is 0.330 e. The fraction of sp³-hybridized carbons (Fsp3) is 0.273. The maximum absolute atomic E-state index is 12.3. The Labute approximate surface area is 167 Å². The fourth-order valence-electron chi connectivity index (χ4n) is 3.59. The van der Waals surface area contributed by atoms with Gasteiger partial charge in [-0.15, -0.1) is 0 Å². The van der Waals surface area contributed by atoms with Crippen molar-refractivity contribution >= 4 is 22.4 Å². The molecule has 1 atom stereocenters. The predicted octanol–water partition coefficient (Wildman–Crippen LogP) is 3.66. The van der Waals surface area contributed by atoms with Gasteiger partial charge in [0.25, 0.3) is 5.56 Å². The molecule has 1 unspecified atom stereocenters. The van der Waals surface area contributed by atoms with E-state index in [1.54, 1.807) is 30.5 Å². The van der Waals surface area contributed by atoms with Gasteiger partial charge >= 0.3 is 5.97 Å². The van der Waals surface area contributed by atoms with Crippen LogP contribution in [0.1, 0.15) is 35.9 Å². The smallest absolute Gasteiger partial charge is 0.330 e. The number of carboxylic acid groups (broad SMARTS) is 1. The second-order valence-electron chi connectivity index (χ2n) is 7.14. The van der Waals surface area contributed by atoms with Crippen LogP contribution in [0.5, 0.6) is 11.5 Å². The number of benzene rings is 2. The Morgan fingerprint density at radius 3 is 2.52 bits per heavy atom. The van der Waals surface area contributed by atoms with Crippen molar-refractivity contribution in [2.24, 2.45) is 0 Å². The van der Waals surface area contributed by atoms with Crippen LogP contribution >= 0.6 is 0 Å². The summed E-state index contributed by atoms with van der Waals surface area (Å²) in [6, 6.07) is 9.35. The van der Waals surface area contributed by atoms with E-state index in [-0.39, 0.29) is 5.56 Å². The fourth-order valence-corrected chi connectivity index (χ4v) is 3.59. The van der Waals surface area contributed by atoms with Crippen molar-refractivity contribution in [3.63, 3.8) is 0 Å². The highest BCUT2D eigenvalue weighted by Gasteiger charge is 2.26. The number of nitrogens with one attached hydrogen (secondary N) is 2. The predicted molar refractivity (Wildman–Crippen MR) is 110 cm³/mol. The first-order valence-corrected chi connectivity index (χ1v) is 9.38. The minimum atomic E-state index is -1.04. The van der Waals surface area contributed by atoms with Crippen LogP contribution in [-0.4, -0.2) is 30.3 Å². The summed E-state index contributed by atoms with van der Waals surface area (Å²) in [6.45, 7) is 0. The van der Waals surface area contributed by atoms with Crippen LogP contribution in [0.2, 0.25) is 0 Å². The lowest BCUT2D eigenvalue weighted by atomic mass is 10.0. The summed E-state index contributed by atoms with van der Waals surface area (Å²) in [5.74, 6) is 0.414. The number of aromatic amines is 1. The topological polar surface area (TPSA) is 101 Å². The molecule has 150 valence electrons. The summed E-state index contributed by atoms with van der Waals surface area (Å²) in [4.78, 5) is 27.1. The van der Waals surface area contributed by atoms with Gasteiger partial charge in [0, 0.05) is 17.3 Å². The molecule has 1 aliphatic carbocycles. The number of fused-ring (bicyclic) bond motifs is 1. The van der Waals surface area contributed by atoms with Crippen LogP contribution in [0.15, 0.2) is 47.4 Å². The Morgan fingerprint density at radius 2 is 1.86 bits per heavy atom. The lowest BCUT2D eigenvalue weighted by Crippen LogP contribution is -2.20. The highest BCUT2D eigenvalue weighted by Crippen LogP contribution is 2.42. The molecule has 4 rings (SSSR count). The number of anilines is 1. The third-order valence-corrected chi connectivity index (χ3v) is 5.25. The highest BCUT2D eigenvalue weighted by atomic mass is 16.5. The van der Waals surface area contributed by atoms with Crippen LogP contribution in [0.3, 0.4) is 0 Å². The van der Waals surface area contributed by atoms with Crippen molar-refractivity contribution in [1.82, 2.24) is 4.98 Å². The summed E-state index contributed by atoms with van der Waals surface area (Å²) < 4.78 is 10.5. The van der Waals surface area contributed by atoms with Gasteiger partial charge in [-0.1, -0.05) is 12.1 Å². The number of aromatic nitrogens is 1. The number of hydrogen-bond donors (Lipinski definition) is 3. The molecule has 0 radical (unpaired) electrons. The Morgan fingerprint density at radius 1 is 1.10 bits per heavy atom. The number of hydrogen-bond acceptors (Lipinski definition) is 5. The molecule has 7 nitrogen and oxygen atoms in total. The second-order valence-corrected chi connectivity index (χ2v) is 7.14. The maximum atomic E-state index is 12.3. The highest BCUT2D eigenvalue weighted by molar-refractivity contribution is 5.89. The van der Waals surface area contributed by atoms with Gasteiger partial charge in [0.05, 0.1) is 14.2 Å². The number of H-pyrrole nitrogens is 1. The molecule has 1 aromatic heterocycles. The van der Waals surface area contributed by atoms with E-state index in [9.17, 15) is 14.7 Å². The van der Waals surface area contributed by atoms with E-state index in [1.165, 1.54) is 14.2 Å². The average molecular weight is 394 g/mol. The number of ether oxygens (including phenoxy) is 2. The van der Waals surface area contributed by atoms with Crippen LogP contribution in [0.25, 0.3) is 10.8 Å². The minimum Gasteiger partial charge on any atom is -0.493 e. The molecule has 1 fully saturated rings. The number of aliphatic carboxylic acids is 1. The first kappa shape index (κ1) is 18.9. The van der Waals surface area contributed by atoms with Gasteiger partial charge in [-0.25, -0.2) is 4.79 Å². The van der Waals surface area contributed by atoms with Crippen LogP contribution in [0.4, 0.5) is 5.69 Å². The monoisotopic (exact) mass is 394 g/mol. The molecule has 0 spiro atoms. The standard InChI is InChI=1S/C22H22N2O5/c1-28-18-8-5-13(9-19(18)29-2)20(22(26)27)24-14-6-7-15-16(10-14)21(25)23-11-17(15)12-3-4-12/h5-12,20,24H,3-4H2,1-2H3,(H,23,25)(H,26,27). The molecule has 1 heterocycles. The molecule has 3 N–H and O–H groups in total. The van der Waals surface area contributed by atoms with Crippen LogP contribution in [-0.2, 0) is 4.79 Å². The van der Waals surface area contributed by atoms with Crippen molar-refractivity contribution < 1.29 is 19.4 Å². The molecule has 1 saturated carbocycles. The Balaban J connectivity index is 1.70. The van der Waals surface area contributed by atoms with E-state index in [1.807, 2.05) is 12.1 Å². The zero-order chi connectivity index (χ0) is 20.5. The first-order chi connectivity index (χ1) is 14.0. The summed E-state index contributed by atoms with van der Waals surface area (Å²) in [7, 11) is 3.02. The largest absolute Gasteiger partial charge is 0.493 e.